The van der Waals surface area contributed by atoms with Crippen molar-refractivity contribution in [1.29, 1.82) is 0 Å². The molecule has 8 heteroatoms. The average Bonchev–Trinajstić information content (AvgIpc) is 2.79. The highest BCUT2D eigenvalue weighted by Crippen LogP contribution is 2.39. The van der Waals surface area contributed by atoms with E-state index in [-0.39, 0.29) is 10.6 Å². The number of nitrogens with two attached hydrogens (primary N) is 1. The van der Waals surface area contributed by atoms with Gasteiger partial charge in [-0.15, -0.1) is 0 Å². The van der Waals surface area contributed by atoms with E-state index in [1.54, 1.807) is 6.07 Å². The Labute approximate surface area is 183 Å². The number of hydrogen-bond donors (Lipinski definition) is 2. The van der Waals surface area contributed by atoms with E-state index in [0.29, 0.717) is 12.1 Å². The van der Waals surface area contributed by atoms with Gasteiger partial charge in [-0.1, -0.05) is 44.9 Å². The van der Waals surface area contributed by atoms with Crippen molar-refractivity contribution < 1.29 is 34.0 Å². The first-order valence-electron chi connectivity index (χ1n) is 12.7. The molecule has 3 N–H and O–H groups in total. The Bertz CT molecular complexity index is 1230. The van der Waals surface area contributed by atoms with Crippen molar-refractivity contribution in [2.75, 3.05) is 17.9 Å². The molecule has 0 aliphatic rings. The summed E-state index contributed by atoms with van der Waals surface area (Å²) < 4.78 is 98.4. The maximum atomic E-state index is 12.5. The predicted octanol–water partition coefficient (Wildman–Crippen LogP) is 4.23. The van der Waals surface area contributed by atoms with E-state index >= 15 is 0 Å². The van der Waals surface area contributed by atoms with Gasteiger partial charge in [-0.2, -0.15) is 0 Å². The molecule has 0 bridgehead atoms. The Morgan fingerprint density at radius 1 is 1.14 bits per heavy atom. The highest BCUT2D eigenvalue weighted by molar-refractivity contribution is 7.89. The maximum Gasteiger partial charge on any atom is 0.335 e. The highest BCUT2D eigenvalue weighted by atomic mass is 32.2. The SMILES string of the molecule is [2H]C([2H])(CC)C([2H])([2H])N(c1cc(C(=O)O)cc(S(N)(=O)=O)c1Oc1ccccc1)C([2H])([2H])C([2H])([2H])CC. The lowest BCUT2D eigenvalue weighted by Crippen LogP contribution is -2.27. The van der Waals surface area contributed by atoms with Crippen molar-refractivity contribution in [2.45, 2.75) is 44.3 Å². The second-order valence-corrected chi connectivity index (χ2v) is 7.24. The first kappa shape index (κ1) is 13.6. The Morgan fingerprint density at radius 2 is 1.72 bits per heavy atom. The molecule has 0 saturated carbocycles. The third kappa shape index (κ3) is 6.20. The van der Waals surface area contributed by atoms with E-state index in [1.165, 1.54) is 38.1 Å². The number of primary sulfonamides is 1. The molecule has 2 aromatic carbocycles. The van der Waals surface area contributed by atoms with Crippen LogP contribution in [0.25, 0.3) is 0 Å². The van der Waals surface area contributed by atoms with Crippen LogP contribution in [0, 0.1) is 0 Å². The van der Waals surface area contributed by atoms with Crippen LogP contribution in [-0.4, -0.2) is 32.5 Å². The summed E-state index contributed by atoms with van der Waals surface area (Å²) >= 11 is 0. The number of carboxylic acids is 1. The zero-order valence-electron chi connectivity index (χ0n) is 24.0. The number of anilines is 1. The van der Waals surface area contributed by atoms with Crippen molar-refractivity contribution in [3.63, 3.8) is 0 Å². The van der Waals surface area contributed by atoms with Crippen LogP contribution in [0.4, 0.5) is 5.69 Å². The van der Waals surface area contributed by atoms with Gasteiger partial charge in [0.2, 0.25) is 10.0 Å². The van der Waals surface area contributed by atoms with Gasteiger partial charge < -0.3 is 14.7 Å². The Hall–Kier alpha value is -2.58. The third-order valence-corrected chi connectivity index (χ3v) is 4.44. The van der Waals surface area contributed by atoms with E-state index in [0.717, 1.165) is 0 Å². The summed E-state index contributed by atoms with van der Waals surface area (Å²) in [7, 11) is -4.79. The fourth-order valence-corrected chi connectivity index (χ4v) is 2.96. The number of para-hydroxylation sites is 1. The van der Waals surface area contributed by atoms with Crippen LogP contribution >= 0.6 is 0 Å². The van der Waals surface area contributed by atoms with Crippen LogP contribution in [0.1, 0.15) is 60.8 Å². The van der Waals surface area contributed by atoms with Crippen LogP contribution in [-0.2, 0) is 10.0 Å². The number of aromatic carboxylic acids is 1. The van der Waals surface area contributed by atoms with Gasteiger partial charge in [-0.05, 0) is 37.0 Å². The second kappa shape index (κ2) is 10.3. The van der Waals surface area contributed by atoms with Gasteiger partial charge >= 0.3 is 5.97 Å². The van der Waals surface area contributed by atoms with Crippen molar-refractivity contribution in [1.82, 2.24) is 0 Å². The van der Waals surface area contributed by atoms with Crippen molar-refractivity contribution in [2.24, 2.45) is 5.14 Å². The number of carbonyl (C=O) groups is 1. The van der Waals surface area contributed by atoms with Crippen LogP contribution in [0.5, 0.6) is 11.5 Å². The topological polar surface area (TPSA) is 110 Å². The molecule has 0 aliphatic heterocycles. The summed E-state index contributed by atoms with van der Waals surface area (Å²) in [6.07, 6.45) is -6.68. The standard InChI is InChI=1S/C21H28N2O5S/c1-3-5-12-23(13-6-4-2)18-14-16(21(24)25)15-19(29(22,26)27)20(18)28-17-10-8-7-9-11-17/h7-11,14-15H,3-6,12-13H2,1-2H3,(H,24,25)(H2,22,26,27)/i5D2,6D2,12D2,13D2. The summed E-state index contributed by atoms with van der Waals surface area (Å²) in [5, 5.41) is 15.0. The Morgan fingerprint density at radius 3 is 2.21 bits per heavy atom. The predicted molar refractivity (Wildman–Crippen MR) is 113 cm³/mol. The molecule has 0 aromatic heterocycles. The molecule has 0 aliphatic carbocycles. The van der Waals surface area contributed by atoms with Gasteiger partial charge in [-0.3, -0.25) is 0 Å². The number of carboxylic acid groups (broad SMARTS) is 1. The van der Waals surface area contributed by atoms with Crippen LogP contribution < -0.4 is 14.8 Å². The Balaban J connectivity index is 3.17. The zero-order valence-corrected chi connectivity index (χ0v) is 16.8. The smallest absolute Gasteiger partial charge is 0.335 e. The Kier molecular flexibility index (Phi) is 4.82. The summed E-state index contributed by atoms with van der Waals surface area (Å²) in [5.41, 5.74) is -1.62. The number of rotatable bonds is 11. The molecule has 0 atom stereocenters. The molecule has 2 aromatic rings. The lowest BCUT2D eigenvalue weighted by atomic mass is 10.1. The summed E-state index contributed by atoms with van der Waals surface area (Å²) in [6, 6.07) is 8.74. The van der Waals surface area contributed by atoms with Gasteiger partial charge in [0, 0.05) is 24.0 Å². The number of benzene rings is 2. The first-order chi connectivity index (χ1) is 16.7. The largest absolute Gasteiger partial charge is 0.478 e. The molecule has 29 heavy (non-hydrogen) atoms. The van der Waals surface area contributed by atoms with E-state index in [4.69, 9.17) is 20.8 Å². The van der Waals surface area contributed by atoms with Crippen LogP contribution in [0.3, 0.4) is 0 Å². The molecule has 158 valence electrons. The van der Waals surface area contributed by atoms with Crippen molar-refractivity contribution >= 4 is 21.7 Å². The third-order valence-electron chi connectivity index (χ3n) is 3.53. The molecule has 0 amide bonds. The normalized spacial score (nSPS) is 17.3. The zero-order chi connectivity index (χ0) is 28.6. The van der Waals surface area contributed by atoms with Crippen molar-refractivity contribution in [3.8, 4) is 11.5 Å². The number of nitrogens with zero attached hydrogens (tertiary/aromatic N) is 1. The molecule has 0 saturated heterocycles. The molecular weight excluding hydrogens is 392 g/mol. The number of ether oxygens (including phenoxy) is 1. The fraction of sp³-hybridized carbons (Fsp3) is 0.381. The maximum absolute atomic E-state index is 12.5. The minimum atomic E-state index is -4.79. The minimum absolute atomic E-state index is 0.0187. The summed E-state index contributed by atoms with van der Waals surface area (Å²) in [6.45, 7) is -4.17. The van der Waals surface area contributed by atoms with Crippen LogP contribution in [0.15, 0.2) is 47.4 Å². The fourth-order valence-electron chi connectivity index (χ4n) is 2.26. The summed E-state index contributed by atoms with van der Waals surface area (Å²) in [5.74, 6) is -2.50. The molecule has 0 radical (unpaired) electrons. The molecule has 0 spiro atoms. The second-order valence-electron chi connectivity index (χ2n) is 5.71. The van der Waals surface area contributed by atoms with Crippen molar-refractivity contribution in [3.05, 3.63) is 48.0 Å². The number of hydrogen-bond acceptors (Lipinski definition) is 5. The monoisotopic (exact) mass is 428 g/mol. The molecule has 0 heterocycles. The van der Waals surface area contributed by atoms with Crippen LogP contribution in [0.2, 0.25) is 0 Å². The molecule has 0 fully saturated rings. The lowest BCUT2D eigenvalue weighted by molar-refractivity contribution is 0.0696. The van der Waals surface area contributed by atoms with E-state index in [1.807, 2.05) is 0 Å². The average molecular weight is 429 g/mol. The molecule has 7 nitrogen and oxygen atoms in total. The van der Waals surface area contributed by atoms with E-state index < -0.39 is 76.5 Å². The molecule has 0 unspecified atom stereocenters. The van der Waals surface area contributed by atoms with Gasteiger partial charge in [0.15, 0.2) is 5.75 Å². The number of sulfonamides is 1. The highest BCUT2D eigenvalue weighted by Gasteiger charge is 2.26. The van der Waals surface area contributed by atoms with Gasteiger partial charge in [0.25, 0.3) is 0 Å². The quantitative estimate of drug-likeness (QED) is 0.554. The summed E-state index contributed by atoms with van der Waals surface area (Å²) in [4.78, 5) is 11.0. The minimum Gasteiger partial charge on any atom is -0.478 e. The van der Waals surface area contributed by atoms with Gasteiger partial charge in [0.05, 0.1) is 11.3 Å². The van der Waals surface area contributed by atoms with Gasteiger partial charge in [0.1, 0.15) is 10.6 Å². The first-order valence-corrected chi connectivity index (χ1v) is 10.3. The van der Waals surface area contributed by atoms with E-state index in [9.17, 15) is 18.3 Å². The molecule has 2 rings (SSSR count). The molecular formula is C21H28N2O5S. The lowest BCUT2D eigenvalue weighted by Gasteiger charge is -2.28. The van der Waals surface area contributed by atoms with E-state index in [2.05, 4.69) is 0 Å². The van der Waals surface area contributed by atoms with Gasteiger partial charge in [-0.25, -0.2) is 18.4 Å².